The Balaban J connectivity index is 2.14. The van der Waals surface area contributed by atoms with Crippen LogP contribution in [-0.2, 0) is 0 Å². The summed E-state index contributed by atoms with van der Waals surface area (Å²) >= 11 is 0. The van der Waals surface area contributed by atoms with Crippen molar-refractivity contribution < 1.29 is 5.11 Å². The van der Waals surface area contributed by atoms with Crippen molar-refractivity contribution in [1.82, 2.24) is 9.80 Å². The van der Waals surface area contributed by atoms with Crippen molar-refractivity contribution in [3.05, 3.63) is 0 Å². The predicted octanol–water partition coefficient (Wildman–Crippen LogP) is 0.785. The lowest BCUT2D eigenvalue weighted by molar-refractivity contribution is 0.0979. The highest BCUT2D eigenvalue weighted by Crippen LogP contribution is 2.24. The van der Waals surface area contributed by atoms with Gasteiger partial charge in [-0.25, -0.2) is 0 Å². The van der Waals surface area contributed by atoms with Crippen molar-refractivity contribution in [2.75, 3.05) is 40.3 Å². The Kier molecular flexibility index (Phi) is 5.45. The molecule has 0 unspecified atom stereocenters. The summed E-state index contributed by atoms with van der Waals surface area (Å²) in [6, 6.07) is 0.768. The number of aliphatic hydroxyl groups excluding tert-OH is 1. The van der Waals surface area contributed by atoms with Gasteiger partial charge in [0.25, 0.3) is 0 Å². The molecule has 1 fully saturated rings. The summed E-state index contributed by atoms with van der Waals surface area (Å²) in [6.45, 7) is 3.45. The molecule has 0 aliphatic heterocycles. The third kappa shape index (κ3) is 3.95. The monoisotopic (exact) mass is 200 g/mol. The Morgan fingerprint density at radius 2 is 1.86 bits per heavy atom. The first-order chi connectivity index (χ1) is 6.74. The Morgan fingerprint density at radius 1 is 1.14 bits per heavy atom. The van der Waals surface area contributed by atoms with Crippen LogP contribution in [0, 0.1) is 0 Å². The molecule has 1 aliphatic carbocycles. The Hall–Kier alpha value is -0.120. The highest BCUT2D eigenvalue weighted by molar-refractivity contribution is 4.79. The summed E-state index contributed by atoms with van der Waals surface area (Å²) in [7, 11) is 4.22. The number of hydrogen-bond acceptors (Lipinski definition) is 3. The van der Waals surface area contributed by atoms with Gasteiger partial charge in [-0.1, -0.05) is 6.42 Å². The lowest BCUT2D eigenvalue weighted by Crippen LogP contribution is -2.42. The fourth-order valence-electron chi connectivity index (χ4n) is 1.95. The molecule has 0 aromatic heterocycles. The van der Waals surface area contributed by atoms with Crippen molar-refractivity contribution in [3.8, 4) is 0 Å². The number of nitrogens with zero attached hydrogens (tertiary/aromatic N) is 2. The third-order valence-corrected chi connectivity index (χ3v) is 3.03. The van der Waals surface area contributed by atoms with Crippen LogP contribution in [-0.4, -0.2) is 61.3 Å². The molecule has 3 heteroatoms. The van der Waals surface area contributed by atoms with Crippen LogP contribution in [0.1, 0.15) is 25.7 Å². The molecule has 0 bridgehead atoms. The molecule has 0 spiro atoms. The van der Waals surface area contributed by atoms with Crippen LogP contribution >= 0.6 is 0 Å². The maximum atomic E-state index is 8.96. The minimum Gasteiger partial charge on any atom is -0.395 e. The van der Waals surface area contributed by atoms with Gasteiger partial charge in [0.1, 0.15) is 0 Å². The van der Waals surface area contributed by atoms with Crippen LogP contribution in [0.4, 0.5) is 0 Å². The van der Waals surface area contributed by atoms with Crippen LogP contribution in [0.15, 0.2) is 0 Å². The third-order valence-electron chi connectivity index (χ3n) is 3.03. The summed E-state index contributed by atoms with van der Waals surface area (Å²) in [5.74, 6) is 0. The van der Waals surface area contributed by atoms with Gasteiger partial charge in [0.15, 0.2) is 0 Å². The van der Waals surface area contributed by atoms with Gasteiger partial charge in [0.05, 0.1) is 6.61 Å². The topological polar surface area (TPSA) is 26.7 Å². The average Bonchev–Trinajstić information content (AvgIpc) is 2.00. The molecule has 14 heavy (non-hydrogen) atoms. The second-order valence-corrected chi connectivity index (χ2v) is 4.50. The normalized spacial score (nSPS) is 17.8. The first-order valence-electron chi connectivity index (χ1n) is 5.73. The molecule has 1 rings (SSSR count). The SMILES string of the molecule is CN(C)CCCN(CCO)C1CCC1. The summed E-state index contributed by atoms with van der Waals surface area (Å²) in [5.41, 5.74) is 0. The molecule has 0 atom stereocenters. The molecule has 0 aromatic rings. The largest absolute Gasteiger partial charge is 0.395 e. The van der Waals surface area contributed by atoms with Crippen LogP contribution < -0.4 is 0 Å². The molecule has 0 radical (unpaired) electrons. The van der Waals surface area contributed by atoms with Crippen LogP contribution in [0.5, 0.6) is 0 Å². The van der Waals surface area contributed by atoms with Crippen LogP contribution in [0.3, 0.4) is 0 Å². The molecule has 0 heterocycles. The Labute approximate surface area is 87.7 Å². The minimum atomic E-state index is 0.304. The van der Waals surface area contributed by atoms with Crippen molar-refractivity contribution in [2.24, 2.45) is 0 Å². The second kappa shape index (κ2) is 6.38. The lowest BCUT2D eigenvalue weighted by Gasteiger charge is -2.37. The maximum Gasteiger partial charge on any atom is 0.0558 e. The Bertz CT molecular complexity index is 146. The zero-order chi connectivity index (χ0) is 10.4. The summed E-state index contributed by atoms with van der Waals surface area (Å²) < 4.78 is 0. The van der Waals surface area contributed by atoms with E-state index in [1.807, 2.05) is 0 Å². The summed E-state index contributed by atoms with van der Waals surface area (Å²) in [6.07, 6.45) is 5.26. The van der Waals surface area contributed by atoms with E-state index >= 15 is 0 Å². The van der Waals surface area contributed by atoms with E-state index in [1.54, 1.807) is 0 Å². The zero-order valence-corrected chi connectivity index (χ0v) is 9.58. The van der Waals surface area contributed by atoms with Gasteiger partial charge in [-0.15, -0.1) is 0 Å². The molecule has 0 saturated heterocycles. The smallest absolute Gasteiger partial charge is 0.0558 e. The van der Waals surface area contributed by atoms with E-state index < -0.39 is 0 Å². The van der Waals surface area contributed by atoms with Gasteiger partial charge in [-0.05, 0) is 46.4 Å². The van der Waals surface area contributed by atoms with E-state index in [9.17, 15) is 0 Å². The molecule has 84 valence electrons. The van der Waals surface area contributed by atoms with E-state index in [1.165, 1.54) is 25.7 Å². The summed E-state index contributed by atoms with van der Waals surface area (Å²) in [4.78, 5) is 4.67. The molecule has 3 nitrogen and oxygen atoms in total. The molecule has 1 N–H and O–H groups in total. The second-order valence-electron chi connectivity index (χ2n) is 4.50. The molecular formula is C11H24N2O. The summed E-state index contributed by atoms with van der Waals surface area (Å²) in [5, 5.41) is 8.96. The average molecular weight is 200 g/mol. The number of hydrogen-bond donors (Lipinski definition) is 1. The number of rotatable bonds is 7. The highest BCUT2D eigenvalue weighted by atomic mass is 16.3. The van der Waals surface area contributed by atoms with Crippen molar-refractivity contribution in [2.45, 2.75) is 31.7 Å². The minimum absolute atomic E-state index is 0.304. The molecular weight excluding hydrogens is 176 g/mol. The molecule has 0 aromatic carbocycles. The predicted molar refractivity (Wildman–Crippen MR) is 59.5 cm³/mol. The fourth-order valence-corrected chi connectivity index (χ4v) is 1.95. The van der Waals surface area contributed by atoms with Crippen LogP contribution in [0.2, 0.25) is 0 Å². The molecule has 0 amide bonds. The first kappa shape index (κ1) is 12.0. The van der Waals surface area contributed by atoms with E-state index in [-0.39, 0.29) is 0 Å². The van der Waals surface area contributed by atoms with Gasteiger partial charge in [0, 0.05) is 12.6 Å². The van der Waals surface area contributed by atoms with Crippen molar-refractivity contribution >= 4 is 0 Å². The van der Waals surface area contributed by atoms with Gasteiger partial charge in [0.2, 0.25) is 0 Å². The van der Waals surface area contributed by atoms with Crippen molar-refractivity contribution in [3.63, 3.8) is 0 Å². The zero-order valence-electron chi connectivity index (χ0n) is 9.58. The van der Waals surface area contributed by atoms with E-state index in [0.29, 0.717) is 6.61 Å². The van der Waals surface area contributed by atoms with E-state index in [4.69, 9.17) is 5.11 Å². The van der Waals surface area contributed by atoms with Gasteiger partial charge in [-0.3, -0.25) is 4.90 Å². The quantitative estimate of drug-likeness (QED) is 0.658. The van der Waals surface area contributed by atoms with Gasteiger partial charge in [-0.2, -0.15) is 0 Å². The molecule has 1 aliphatic rings. The highest BCUT2D eigenvalue weighted by Gasteiger charge is 2.23. The van der Waals surface area contributed by atoms with E-state index in [2.05, 4.69) is 23.9 Å². The number of aliphatic hydroxyl groups is 1. The van der Waals surface area contributed by atoms with E-state index in [0.717, 1.165) is 25.7 Å². The first-order valence-corrected chi connectivity index (χ1v) is 5.73. The standard InChI is InChI=1S/C11H24N2O/c1-12(2)7-4-8-13(9-10-14)11-5-3-6-11/h11,14H,3-10H2,1-2H3. The Morgan fingerprint density at radius 3 is 2.29 bits per heavy atom. The van der Waals surface area contributed by atoms with Gasteiger partial charge < -0.3 is 10.0 Å². The fraction of sp³-hybridized carbons (Fsp3) is 1.00. The van der Waals surface area contributed by atoms with Gasteiger partial charge >= 0.3 is 0 Å². The lowest BCUT2D eigenvalue weighted by atomic mass is 9.91. The van der Waals surface area contributed by atoms with Crippen molar-refractivity contribution in [1.29, 1.82) is 0 Å². The maximum absolute atomic E-state index is 8.96. The van der Waals surface area contributed by atoms with Crippen LogP contribution in [0.25, 0.3) is 0 Å². The molecule has 1 saturated carbocycles.